The summed E-state index contributed by atoms with van der Waals surface area (Å²) in [6.45, 7) is 4.08. The van der Waals surface area contributed by atoms with Gasteiger partial charge in [-0.15, -0.1) is 0 Å². The van der Waals surface area contributed by atoms with Crippen molar-refractivity contribution < 1.29 is 61.4 Å². The predicted molar refractivity (Wildman–Crippen MR) is 109 cm³/mol. The standard InChI is InChI=1S/C12H22N5O13P3/c1-3-15-10-7(5(2)13)16-12(14)17(10)11-9(19)8(18)6(28-11)4-27-32(23,24)30-33(25,26)29-31(20,21)22/h3,6,8-9,11,18-19H,2,4,13H2,1H3,(H2,14,16)(H,23,24)(H,25,26)(H2,20,21,22)/b15-3-. The quantitative estimate of drug-likeness (QED) is 0.132. The van der Waals surface area contributed by atoms with Gasteiger partial charge in [-0.2, -0.15) is 8.62 Å². The second kappa shape index (κ2) is 10.0. The van der Waals surface area contributed by atoms with Crippen molar-refractivity contribution in [3.8, 4) is 0 Å². The SMILES string of the molecule is C=C(N)c1nc(N)n(C2OC(COP(=O)(O)OP(=O)(O)OP(=O)(O)O)C(O)C2O)c1/N=C\C. The maximum atomic E-state index is 11.9. The Bertz CT molecular complexity index is 1070. The third kappa shape index (κ3) is 7.00. The van der Waals surface area contributed by atoms with E-state index >= 15 is 0 Å². The molecule has 21 heteroatoms. The number of anilines is 1. The highest BCUT2D eigenvalue weighted by atomic mass is 31.3. The van der Waals surface area contributed by atoms with Gasteiger partial charge in [0.15, 0.2) is 12.0 Å². The highest BCUT2D eigenvalue weighted by Gasteiger charge is 2.47. The smallest absolute Gasteiger partial charge is 0.397 e. The van der Waals surface area contributed by atoms with Gasteiger partial charge in [0.25, 0.3) is 0 Å². The molecule has 0 amide bonds. The first-order chi connectivity index (χ1) is 15.0. The van der Waals surface area contributed by atoms with Gasteiger partial charge >= 0.3 is 23.5 Å². The van der Waals surface area contributed by atoms with Crippen molar-refractivity contribution >= 4 is 47.1 Å². The first kappa shape index (κ1) is 27.8. The second-order valence-electron chi connectivity index (χ2n) is 6.36. The van der Waals surface area contributed by atoms with Crippen molar-refractivity contribution in [2.75, 3.05) is 12.3 Å². The summed E-state index contributed by atoms with van der Waals surface area (Å²) < 4.78 is 52.0. The second-order valence-corrected chi connectivity index (χ2v) is 10.8. The predicted octanol–water partition coefficient (Wildman–Crippen LogP) is -0.921. The molecule has 0 radical (unpaired) electrons. The van der Waals surface area contributed by atoms with Crippen LogP contribution in [0.25, 0.3) is 5.70 Å². The van der Waals surface area contributed by atoms with Crippen LogP contribution in [0.3, 0.4) is 0 Å². The van der Waals surface area contributed by atoms with E-state index in [0.717, 1.165) is 4.57 Å². The Kier molecular flexibility index (Phi) is 8.42. The van der Waals surface area contributed by atoms with Crippen LogP contribution in [0, 0.1) is 0 Å². The molecule has 1 aromatic rings. The average molecular weight is 537 g/mol. The number of phosphoric ester groups is 1. The van der Waals surface area contributed by atoms with Crippen LogP contribution < -0.4 is 11.5 Å². The molecular formula is C12H22N5O13P3. The zero-order chi connectivity index (χ0) is 25.4. The highest BCUT2D eigenvalue weighted by molar-refractivity contribution is 7.66. The van der Waals surface area contributed by atoms with Crippen LogP contribution in [0.5, 0.6) is 0 Å². The van der Waals surface area contributed by atoms with Crippen molar-refractivity contribution in [1.82, 2.24) is 9.55 Å². The molecule has 1 fully saturated rings. The van der Waals surface area contributed by atoms with Gasteiger partial charge in [-0.1, -0.05) is 6.58 Å². The number of aliphatic hydroxyl groups is 2. The Morgan fingerprint density at radius 1 is 1.21 bits per heavy atom. The normalized spacial score (nSPS) is 27.5. The number of nitrogens with zero attached hydrogens (tertiary/aromatic N) is 3. The van der Waals surface area contributed by atoms with E-state index in [-0.39, 0.29) is 23.2 Å². The average Bonchev–Trinajstić information content (AvgIpc) is 3.08. The molecule has 0 aromatic carbocycles. The summed E-state index contributed by atoms with van der Waals surface area (Å²) in [5.41, 5.74) is 11.5. The van der Waals surface area contributed by atoms with Crippen LogP contribution in [-0.2, 0) is 31.6 Å². The third-order valence-corrected chi connectivity index (χ3v) is 7.68. The molecule has 6 atom stereocenters. The lowest BCUT2D eigenvalue weighted by Crippen LogP contribution is -2.33. The highest BCUT2D eigenvalue weighted by Crippen LogP contribution is 2.66. The molecule has 1 saturated heterocycles. The molecule has 1 aromatic heterocycles. The van der Waals surface area contributed by atoms with Crippen molar-refractivity contribution in [2.24, 2.45) is 10.7 Å². The first-order valence-corrected chi connectivity index (χ1v) is 13.1. The molecule has 0 aliphatic carbocycles. The lowest BCUT2D eigenvalue weighted by molar-refractivity contribution is -0.0501. The monoisotopic (exact) mass is 537 g/mol. The molecule has 188 valence electrons. The molecule has 0 bridgehead atoms. The fraction of sp³-hybridized carbons (Fsp3) is 0.500. The molecule has 1 aliphatic rings. The Morgan fingerprint density at radius 3 is 2.33 bits per heavy atom. The van der Waals surface area contributed by atoms with Crippen molar-refractivity contribution in [2.45, 2.75) is 31.5 Å². The van der Waals surface area contributed by atoms with E-state index in [4.69, 9.17) is 30.9 Å². The van der Waals surface area contributed by atoms with Crippen molar-refractivity contribution in [3.05, 3.63) is 12.3 Å². The van der Waals surface area contributed by atoms with Gasteiger partial charge in [0.1, 0.15) is 24.0 Å². The van der Waals surface area contributed by atoms with Crippen LogP contribution in [0.2, 0.25) is 0 Å². The number of aromatic nitrogens is 2. The van der Waals surface area contributed by atoms with Crippen LogP contribution in [-0.4, -0.2) is 70.5 Å². The molecule has 10 N–H and O–H groups in total. The lowest BCUT2D eigenvalue weighted by atomic mass is 10.1. The lowest BCUT2D eigenvalue weighted by Gasteiger charge is -2.19. The van der Waals surface area contributed by atoms with Gasteiger partial charge in [0, 0.05) is 6.21 Å². The fourth-order valence-electron chi connectivity index (χ4n) is 2.70. The Hall–Kier alpha value is -1.49. The number of aliphatic hydroxyl groups excluding tert-OH is 2. The number of hydrogen-bond acceptors (Lipinski definition) is 13. The number of hydrogen-bond donors (Lipinski definition) is 8. The first-order valence-electron chi connectivity index (χ1n) is 8.59. The Morgan fingerprint density at radius 2 is 1.82 bits per heavy atom. The maximum absolute atomic E-state index is 11.9. The van der Waals surface area contributed by atoms with E-state index in [1.54, 1.807) is 6.92 Å². The van der Waals surface area contributed by atoms with E-state index in [1.807, 2.05) is 0 Å². The number of rotatable bonds is 10. The number of nitrogens with two attached hydrogens (primary N) is 2. The van der Waals surface area contributed by atoms with E-state index in [2.05, 4.69) is 29.7 Å². The summed E-state index contributed by atoms with van der Waals surface area (Å²) in [4.78, 5) is 43.7. The summed E-state index contributed by atoms with van der Waals surface area (Å²) in [6.07, 6.45) is -5.05. The van der Waals surface area contributed by atoms with E-state index < -0.39 is 54.6 Å². The number of nitrogen functional groups attached to an aromatic ring is 1. The van der Waals surface area contributed by atoms with Crippen LogP contribution >= 0.6 is 23.5 Å². The molecule has 0 spiro atoms. The van der Waals surface area contributed by atoms with Gasteiger partial charge in [0.05, 0.1) is 12.3 Å². The van der Waals surface area contributed by atoms with Gasteiger partial charge in [-0.25, -0.2) is 23.7 Å². The summed E-state index contributed by atoms with van der Waals surface area (Å²) in [7, 11) is -16.8. The number of ether oxygens (including phenoxy) is 1. The van der Waals surface area contributed by atoms with Crippen molar-refractivity contribution in [3.63, 3.8) is 0 Å². The fourth-order valence-corrected chi connectivity index (χ4v) is 5.73. The van der Waals surface area contributed by atoms with E-state index in [9.17, 15) is 28.8 Å². The minimum Gasteiger partial charge on any atom is -0.397 e. The molecule has 2 rings (SSSR count). The van der Waals surface area contributed by atoms with Gasteiger partial charge in [0.2, 0.25) is 5.95 Å². The third-order valence-electron chi connectivity index (χ3n) is 3.88. The van der Waals surface area contributed by atoms with E-state index in [0.29, 0.717) is 0 Å². The minimum absolute atomic E-state index is 0.0155. The Balaban J connectivity index is 2.19. The number of phosphoric acid groups is 3. The molecule has 2 heterocycles. The summed E-state index contributed by atoms with van der Waals surface area (Å²) in [6, 6.07) is 0. The minimum atomic E-state index is -5.73. The van der Waals surface area contributed by atoms with Gasteiger partial charge in [-0.05, 0) is 6.92 Å². The van der Waals surface area contributed by atoms with Crippen LogP contribution in [0.1, 0.15) is 18.8 Å². The largest absolute Gasteiger partial charge is 0.490 e. The summed E-state index contributed by atoms with van der Waals surface area (Å²) in [5, 5.41) is 20.6. The molecular weight excluding hydrogens is 515 g/mol. The zero-order valence-electron chi connectivity index (χ0n) is 16.7. The number of aliphatic imine (C=N–C) groups is 1. The molecule has 0 saturated carbocycles. The number of imidazole rings is 1. The molecule has 33 heavy (non-hydrogen) atoms. The van der Waals surface area contributed by atoms with E-state index in [1.165, 1.54) is 6.21 Å². The summed E-state index contributed by atoms with van der Waals surface area (Å²) >= 11 is 0. The van der Waals surface area contributed by atoms with Crippen LogP contribution in [0.15, 0.2) is 11.6 Å². The molecule has 18 nitrogen and oxygen atoms in total. The maximum Gasteiger partial charge on any atom is 0.490 e. The van der Waals surface area contributed by atoms with Gasteiger partial charge in [-0.3, -0.25) is 9.09 Å². The van der Waals surface area contributed by atoms with Crippen molar-refractivity contribution in [1.29, 1.82) is 0 Å². The Labute approximate surface area is 185 Å². The van der Waals surface area contributed by atoms with Gasteiger partial charge < -0.3 is 46.0 Å². The summed E-state index contributed by atoms with van der Waals surface area (Å²) in [5.74, 6) is -0.214. The molecule has 6 unspecified atom stereocenters. The topological polar surface area (TPSA) is 292 Å². The zero-order valence-corrected chi connectivity index (χ0v) is 19.4. The van der Waals surface area contributed by atoms with Crippen LogP contribution in [0.4, 0.5) is 11.8 Å². The molecule has 1 aliphatic heterocycles.